The molecule has 1 aliphatic rings. The first-order chi connectivity index (χ1) is 11.7. The van der Waals surface area contributed by atoms with Crippen LogP contribution >= 0.6 is 0 Å². The van der Waals surface area contributed by atoms with Gasteiger partial charge in [0.2, 0.25) is 11.8 Å². The predicted molar refractivity (Wildman–Crippen MR) is 92.6 cm³/mol. The van der Waals surface area contributed by atoms with Crippen molar-refractivity contribution in [2.75, 3.05) is 18.0 Å². The number of nitrogens with zero attached hydrogens (tertiary/aromatic N) is 3. The SMILES string of the molecule is CCC(C)NC(=O)C1CCN(c2nnc(-c3ccccc3)o2)CC1. The molecule has 2 heterocycles. The van der Waals surface area contributed by atoms with E-state index in [9.17, 15) is 4.79 Å². The van der Waals surface area contributed by atoms with Gasteiger partial charge in [-0.15, -0.1) is 5.10 Å². The lowest BCUT2D eigenvalue weighted by molar-refractivity contribution is -0.126. The molecule has 6 nitrogen and oxygen atoms in total. The van der Waals surface area contributed by atoms with Crippen LogP contribution in [0.1, 0.15) is 33.1 Å². The normalized spacial score (nSPS) is 16.8. The Morgan fingerprint density at radius 2 is 2.00 bits per heavy atom. The predicted octanol–water partition coefficient (Wildman–Crippen LogP) is 2.87. The molecule has 1 aromatic carbocycles. The van der Waals surface area contributed by atoms with Crippen LogP contribution in [-0.2, 0) is 4.79 Å². The molecule has 0 bridgehead atoms. The van der Waals surface area contributed by atoms with Crippen molar-refractivity contribution < 1.29 is 9.21 Å². The second kappa shape index (κ2) is 7.47. The highest BCUT2D eigenvalue weighted by atomic mass is 16.4. The Morgan fingerprint density at radius 1 is 1.29 bits per heavy atom. The first-order valence-electron chi connectivity index (χ1n) is 8.61. The Bertz CT molecular complexity index is 663. The van der Waals surface area contributed by atoms with E-state index in [4.69, 9.17) is 4.42 Å². The van der Waals surface area contributed by atoms with Gasteiger partial charge in [0, 0.05) is 30.6 Å². The summed E-state index contributed by atoms with van der Waals surface area (Å²) in [5.74, 6) is 0.772. The fourth-order valence-electron chi connectivity index (χ4n) is 2.84. The zero-order chi connectivity index (χ0) is 16.9. The van der Waals surface area contributed by atoms with Crippen molar-refractivity contribution in [1.82, 2.24) is 15.5 Å². The third kappa shape index (κ3) is 3.75. The van der Waals surface area contributed by atoms with E-state index in [-0.39, 0.29) is 17.9 Å². The number of carbonyl (C=O) groups excluding carboxylic acids is 1. The maximum Gasteiger partial charge on any atom is 0.318 e. The minimum absolute atomic E-state index is 0.0757. The number of carbonyl (C=O) groups is 1. The molecule has 0 spiro atoms. The molecule has 0 saturated carbocycles. The Balaban J connectivity index is 1.57. The van der Waals surface area contributed by atoms with E-state index in [2.05, 4.69) is 27.3 Å². The molecule has 1 aromatic heterocycles. The number of hydrogen-bond acceptors (Lipinski definition) is 5. The molecule has 1 N–H and O–H groups in total. The number of nitrogens with one attached hydrogen (secondary N) is 1. The van der Waals surface area contributed by atoms with Gasteiger partial charge in [0.05, 0.1) is 0 Å². The van der Waals surface area contributed by atoms with Gasteiger partial charge in [-0.1, -0.05) is 30.2 Å². The van der Waals surface area contributed by atoms with Gasteiger partial charge in [-0.2, -0.15) is 0 Å². The maximum absolute atomic E-state index is 12.2. The molecule has 24 heavy (non-hydrogen) atoms. The monoisotopic (exact) mass is 328 g/mol. The van der Waals surface area contributed by atoms with Gasteiger partial charge in [0.1, 0.15) is 0 Å². The Morgan fingerprint density at radius 3 is 2.67 bits per heavy atom. The van der Waals surface area contributed by atoms with Crippen LogP contribution in [0.3, 0.4) is 0 Å². The smallest absolute Gasteiger partial charge is 0.318 e. The van der Waals surface area contributed by atoms with E-state index in [1.165, 1.54) is 0 Å². The number of benzene rings is 1. The molecule has 3 rings (SSSR count). The standard InChI is InChI=1S/C18H24N4O2/c1-3-13(2)19-16(23)14-9-11-22(12-10-14)18-21-20-17(24-18)15-7-5-4-6-8-15/h4-8,13-14H,3,9-12H2,1-2H3,(H,19,23). The molecule has 1 amide bonds. The third-order valence-corrected chi connectivity index (χ3v) is 4.57. The van der Waals surface area contributed by atoms with Crippen LogP contribution in [0, 0.1) is 5.92 Å². The van der Waals surface area contributed by atoms with Gasteiger partial charge >= 0.3 is 6.01 Å². The van der Waals surface area contributed by atoms with Crippen LogP contribution in [0.4, 0.5) is 6.01 Å². The molecular formula is C18H24N4O2. The topological polar surface area (TPSA) is 71.3 Å². The summed E-state index contributed by atoms with van der Waals surface area (Å²) in [7, 11) is 0. The second-order valence-corrected chi connectivity index (χ2v) is 6.34. The quantitative estimate of drug-likeness (QED) is 0.914. The van der Waals surface area contributed by atoms with Crippen molar-refractivity contribution in [3.05, 3.63) is 30.3 Å². The average Bonchev–Trinajstić information content (AvgIpc) is 3.12. The van der Waals surface area contributed by atoms with Gasteiger partial charge in [-0.3, -0.25) is 4.79 Å². The van der Waals surface area contributed by atoms with E-state index >= 15 is 0 Å². The summed E-state index contributed by atoms with van der Waals surface area (Å²) < 4.78 is 5.79. The highest BCUT2D eigenvalue weighted by Crippen LogP contribution is 2.25. The molecule has 1 aliphatic heterocycles. The van der Waals surface area contributed by atoms with Gasteiger partial charge in [0.15, 0.2) is 0 Å². The molecule has 128 valence electrons. The van der Waals surface area contributed by atoms with E-state index in [0.717, 1.165) is 37.9 Å². The van der Waals surface area contributed by atoms with E-state index in [1.54, 1.807) is 0 Å². The highest BCUT2D eigenvalue weighted by molar-refractivity contribution is 5.79. The summed E-state index contributed by atoms with van der Waals surface area (Å²) in [5, 5.41) is 11.4. The lowest BCUT2D eigenvalue weighted by atomic mass is 9.96. The zero-order valence-corrected chi connectivity index (χ0v) is 14.2. The Hall–Kier alpha value is -2.37. The van der Waals surface area contributed by atoms with Gasteiger partial charge < -0.3 is 14.6 Å². The van der Waals surface area contributed by atoms with Crippen LogP contribution in [-0.4, -0.2) is 35.2 Å². The van der Waals surface area contributed by atoms with Gasteiger partial charge in [0.25, 0.3) is 0 Å². The first kappa shape index (κ1) is 16.5. The van der Waals surface area contributed by atoms with Crippen molar-refractivity contribution >= 4 is 11.9 Å². The lowest BCUT2D eigenvalue weighted by Gasteiger charge is -2.30. The molecule has 6 heteroatoms. The van der Waals surface area contributed by atoms with Crippen LogP contribution in [0.2, 0.25) is 0 Å². The zero-order valence-electron chi connectivity index (χ0n) is 14.2. The van der Waals surface area contributed by atoms with Crippen molar-refractivity contribution in [2.24, 2.45) is 5.92 Å². The third-order valence-electron chi connectivity index (χ3n) is 4.57. The van der Waals surface area contributed by atoms with Crippen LogP contribution in [0.15, 0.2) is 34.7 Å². The Labute approximate surface area is 142 Å². The summed E-state index contributed by atoms with van der Waals surface area (Å²) in [5.41, 5.74) is 0.916. The largest absolute Gasteiger partial charge is 0.403 e. The number of rotatable bonds is 5. The van der Waals surface area contributed by atoms with Crippen molar-refractivity contribution in [3.8, 4) is 11.5 Å². The van der Waals surface area contributed by atoms with Gasteiger partial charge in [-0.25, -0.2) is 0 Å². The minimum atomic E-state index is 0.0757. The molecular weight excluding hydrogens is 304 g/mol. The average molecular weight is 328 g/mol. The summed E-state index contributed by atoms with van der Waals surface area (Å²) >= 11 is 0. The van der Waals surface area contributed by atoms with Crippen molar-refractivity contribution in [3.63, 3.8) is 0 Å². The number of anilines is 1. The van der Waals surface area contributed by atoms with Gasteiger partial charge in [-0.05, 0) is 38.3 Å². The van der Waals surface area contributed by atoms with E-state index in [0.29, 0.717) is 11.9 Å². The van der Waals surface area contributed by atoms with Crippen molar-refractivity contribution in [2.45, 2.75) is 39.2 Å². The molecule has 1 atom stereocenters. The molecule has 1 unspecified atom stereocenters. The maximum atomic E-state index is 12.2. The summed E-state index contributed by atoms with van der Waals surface area (Å²) in [4.78, 5) is 14.3. The fourth-order valence-corrected chi connectivity index (χ4v) is 2.84. The molecule has 1 fully saturated rings. The van der Waals surface area contributed by atoms with E-state index in [1.807, 2.05) is 37.3 Å². The molecule has 0 radical (unpaired) electrons. The summed E-state index contributed by atoms with van der Waals surface area (Å²) in [6, 6.07) is 10.5. The highest BCUT2D eigenvalue weighted by Gasteiger charge is 2.27. The summed E-state index contributed by atoms with van der Waals surface area (Å²) in [6.45, 7) is 5.63. The molecule has 2 aromatic rings. The number of hydrogen-bond donors (Lipinski definition) is 1. The lowest BCUT2D eigenvalue weighted by Crippen LogP contribution is -2.43. The fraction of sp³-hybridized carbons (Fsp3) is 0.500. The number of aromatic nitrogens is 2. The minimum Gasteiger partial charge on any atom is -0.403 e. The number of amides is 1. The molecule has 1 saturated heterocycles. The van der Waals surface area contributed by atoms with Crippen LogP contribution in [0.5, 0.6) is 0 Å². The van der Waals surface area contributed by atoms with E-state index < -0.39 is 0 Å². The Kier molecular flexibility index (Phi) is 5.13. The second-order valence-electron chi connectivity index (χ2n) is 6.34. The van der Waals surface area contributed by atoms with Crippen molar-refractivity contribution in [1.29, 1.82) is 0 Å². The first-order valence-corrected chi connectivity index (χ1v) is 8.61. The summed E-state index contributed by atoms with van der Waals surface area (Å²) in [6.07, 6.45) is 2.57. The van der Waals surface area contributed by atoms with Crippen LogP contribution < -0.4 is 10.2 Å². The van der Waals surface area contributed by atoms with Crippen LogP contribution in [0.25, 0.3) is 11.5 Å². The number of piperidine rings is 1. The molecule has 0 aliphatic carbocycles.